The van der Waals surface area contributed by atoms with Gasteiger partial charge in [0.1, 0.15) is 28.3 Å². The first-order chi connectivity index (χ1) is 14.1. The zero-order chi connectivity index (χ0) is 21.8. The standard InChI is InChI=1S/C19H17F2N4O4P/c1-9-17-18(12-4-5-16(29-3)24-19(12)22-9)25(10(2)23-17)8-11-6-14(21)15(7-13(11)20)30(26,27)28/h4-7H,8H2,1-3H3,(H2,26,27,28). The fraction of sp³-hybridized carbons (Fsp3) is 0.211. The van der Waals surface area contributed by atoms with E-state index in [2.05, 4.69) is 15.0 Å². The minimum Gasteiger partial charge on any atom is -0.481 e. The van der Waals surface area contributed by atoms with Crippen LogP contribution in [0.3, 0.4) is 0 Å². The van der Waals surface area contributed by atoms with Crippen LogP contribution in [0, 0.1) is 25.5 Å². The predicted molar refractivity (Wildman–Crippen MR) is 106 cm³/mol. The lowest BCUT2D eigenvalue weighted by atomic mass is 10.1. The van der Waals surface area contributed by atoms with E-state index in [-0.39, 0.29) is 12.1 Å². The van der Waals surface area contributed by atoms with Crippen LogP contribution < -0.4 is 10.0 Å². The van der Waals surface area contributed by atoms with Gasteiger partial charge in [-0.2, -0.15) is 4.98 Å². The molecule has 3 aromatic heterocycles. The summed E-state index contributed by atoms with van der Waals surface area (Å²) < 4.78 is 47.0. The molecule has 0 radical (unpaired) electrons. The molecule has 0 amide bonds. The van der Waals surface area contributed by atoms with E-state index in [0.717, 1.165) is 6.07 Å². The molecular weight excluding hydrogens is 417 g/mol. The highest BCUT2D eigenvalue weighted by Crippen LogP contribution is 2.35. The highest BCUT2D eigenvalue weighted by atomic mass is 31.2. The van der Waals surface area contributed by atoms with Crippen molar-refractivity contribution in [2.75, 3.05) is 7.11 Å². The Morgan fingerprint density at radius 2 is 1.83 bits per heavy atom. The average molecular weight is 434 g/mol. The Morgan fingerprint density at radius 3 is 2.50 bits per heavy atom. The number of aryl methyl sites for hydroxylation is 2. The average Bonchev–Trinajstić information content (AvgIpc) is 3.00. The van der Waals surface area contributed by atoms with Gasteiger partial charge >= 0.3 is 7.60 Å². The maximum atomic E-state index is 14.6. The van der Waals surface area contributed by atoms with Crippen molar-refractivity contribution >= 4 is 35.0 Å². The highest BCUT2D eigenvalue weighted by Gasteiger charge is 2.25. The fourth-order valence-corrected chi connectivity index (χ4v) is 4.03. The van der Waals surface area contributed by atoms with Crippen molar-refractivity contribution in [1.82, 2.24) is 19.5 Å². The molecule has 0 unspecified atom stereocenters. The summed E-state index contributed by atoms with van der Waals surface area (Å²) >= 11 is 0. The second-order valence-corrected chi connectivity index (χ2v) is 8.37. The van der Waals surface area contributed by atoms with Crippen LogP contribution in [0.5, 0.6) is 5.88 Å². The third-order valence-corrected chi connectivity index (χ3v) is 5.82. The number of pyridine rings is 2. The Labute approximate surface area is 169 Å². The number of rotatable bonds is 4. The number of ether oxygens (including phenoxy) is 1. The molecule has 0 saturated carbocycles. The van der Waals surface area contributed by atoms with Crippen molar-refractivity contribution in [2.45, 2.75) is 20.4 Å². The number of hydrogen-bond acceptors (Lipinski definition) is 5. The van der Waals surface area contributed by atoms with Gasteiger partial charge in [-0.25, -0.2) is 18.7 Å². The Bertz CT molecular complexity index is 1370. The number of imidazole rings is 1. The Hall–Kier alpha value is -2.94. The summed E-state index contributed by atoms with van der Waals surface area (Å²) in [5.74, 6) is -1.17. The molecule has 2 N–H and O–H groups in total. The molecular formula is C19H17F2N4O4P. The van der Waals surface area contributed by atoms with Gasteiger partial charge in [0.05, 0.1) is 24.9 Å². The van der Waals surface area contributed by atoms with Crippen LogP contribution in [0.15, 0.2) is 24.3 Å². The summed E-state index contributed by atoms with van der Waals surface area (Å²) in [7, 11) is -3.44. The van der Waals surface area contributed by atoms with E-state index in [1.54, 1.807) is 30.5 Å². The second kappa shape index (κ2) is 7.09. The Balaban J connectivity index is 1.93. The van der Waals surface area contributed by atoms with Gasteiger partial charge in [-0.15, -0.1) is 0 Å². The molecule has 0 bridgehead atoms. The van der Waals surface area contributed by atoms with Gasteiger partial charge in [0.15, 0.2) is 5.65 Å². The van der Waals surface area contributed by atoms with Crippen molar-refractivity contribution in [1.29, 1.82) is 0 Å². The van der Waals surface area contributed by atoms with Crippen molar-refractivity contribution in [3.63, 3.8) is 0 Å². The lowest BCUT2D eigenvalue weighted by Gasteiger charge is -2.12. The number of nitrogens with zero attached hydrogens (tertiary/aromatic N) is 4. The molecule has 4 rings (SSSR count). The van der Waals surface area contributed by atoms with E-state index in [1.807, 2.05) is 0 Å². The molecule has 3 heterocycles. The van der Waals surface area contributed by atoms with E-state index < -0.39 is 24.5 Å². The van der Waals surface area contributed by atoms with Crippen molar-refractivity contribution in [2.24, 2.45) is 0 Å². The number of fused-ring (bicyclic) bond motifs is 3. The van der Waals surface area contributed by atoms with E-state index in [4.69, 9.17) is 4.74 Å². The SMILES string of the molecule is COc1ccc2c(n1)nc(C)c1nc(C)n(Cc3cc(F)c(P(=O)(O)O)cc3F)c12. The molecule has 0 atom stereocenters. The minimum atomic E-state index is -4.93. The highest BCUT2D eigenvalue weighted by molar-refractivity contribution is 7.60. The zero-order valence-electron chi connectivity index (χ0n) is 16.2. The zero-order valence-corrected chi connectivity index (χ0v) is 17.1. The van der Waals surface area contributed by atoms with Crippen molar-refractivity contribution in [3.8, 4) is 5.88 Å². The summed E-state index contributed by atoms with van der Waals surface area (Å²) in [4.78, 5) is 31.7. The number of methoxy groups -OCH3 is 1. The molecule has 0 aliphatic rings. The molecule has 156 valence electrons. The van der Waals surface area contributed by atoms with E-state index in [0.29, 0.717) is 45.5 Å². The summed E-state index contributed by atoms with van der Waals surface area (Å²) in [5.41, 5.74) is 2.20. The van der Waals surface area contributed by atoms with Gasteiger partial charge in [0.2, 0.25) is 5.88 Å². The summed E-state index contributed by atoms with van der Waals surface area (Å²) in [6, 6.07) is 4.77. The topological polar surface area (TPSA) is 110 Å². The van der Waals surface area contributed by atoms with Gasteiger partial charge < -0.3 is 19.1 Å². The number of benzene rings is 1. The van der Waals surface area contributed by atoms with E-state index >= 15 is 0 Å². The molecule has 0 fully saturated rings. The first kappa shape index (κ1) is 20.3. The lowest BCUT2D eigenvalue weighted by molar-refractivity contribution is 0.385. The Kier molecular flexibility index (Phi) is 4.80. The summed E-state index contributed by atoms with van der Waals surface area (Å²) in [6.45, 7) is 3.40. The van der Waals surface area contributed by atoms with Crippen LogP contribution in [0.2, 0.25) is 0 Å². The maximum absolute atomic E-state index is 14.6. The number of aromatic nitrogens is 4. The monoisotopic (exact) mass is 434 g/mol. The van der Waals surface area contributed by atoms with Gasteiger partial charge in [0, 0.05) is 17.0 Å². The largest absolute Gasteiger partial charge is 0.481 e. The molecule has 0 aliphatic heterocycles. The van der Waals surface area contributed by atoms with E-state index in [1.165, 1.54) is 7.11 Å². The number of hydrogen-bond donors (Lipinski definition) is 2. The quantitative estimate of drug-likeness (QED) is 0.475. The van der Waals surface area contributed by atoms with E-state index in [9.17, 15) is 23.1 Å². The van der Waals surface area contributed by atoms with Crippen LogP contribution >= 0.6 is 7.60 Å². The normalized spacial score (nSPS) is 12.1. The molecule has 0 spiro atoms. The van der Waals surface area contributed by atoms with Gasteiger partial charge in [-0.3, -0.25) is 4.57 Å². The van der Waals surface area contributed by atoms with Gasteiger partial charge in [0.25, 0.3) is 0 Å². The van der Waals surface area contributed by atoms with Crippen LogP contribution in [-0.4, -0.2) is 36.4 Å². The fourth-order valence-electron chi connectivity index (χ4n) is 3.40. The van der Waals surface area contributed by atoms with Crippen molar-refractivity contribution in [3.05, 3.63) is 53.0 Å². The molecule has 1 aromatic carbocycles. The molecule has 8 nitrogen and oxygen atoms in total. The lowest BCUT2D eigenvalue weighted by Crippen LogP contribution is -2.14. The van der Waals surface area contributed by atoms with Gasteiger partial charge in [-0.05, 0) is 32.0 Å². The first-order valence-corrected chi connectivity index (χ1v) is 10.4. The molecule has 30 heavy (non-hydrogen) atoms. The molecule has 0 saturated heterocycles. The maximum Gasteiger partial charge on any atom is 0.359 e. The smallest absolute Gasteiger partial charge is 0.359 e. The molecule has 4 aromatic rings. The van der Waals surface area contributed by atoms with Crippen LogP contribution in [0.1, 0.15) is 17.1 Å². The Morgan fingerprint density at radius 1 is 1.10 bits per heavy atom. The number of halogens is 2. The first-order valence-electron chi connectivity index (χ1n) is 8.82. The molecule has 0 aliphatic carbocycles. The minimum absolute atomic E-state index is 0.0730. The predicted octanol–water partition coefficient (Wildman–Crippen LogP) is 2.73. The van der Waals surface area contributed by atoms with Gasteiger partial charge in [-0.1, -0.05) is 0 Å². The third kappa shape index (κ3) is 3.32. The summed E-state index contributed by atoms with van der Waals surface area (Å²) in [5, 5.41) is -0.317. The summed E-state index contributed by atoms with van der Waals surface area (Å²) in [6.07, 6.45) is 0. The van der Waals surface area contributed by atoms with Crippen LogP contribution in [0.25, 0.3) is 22.1 Å². The van der Waals surface area contributed by atoms with Crippen LogP contribution in [0.4, 0.5) is 8.78 Å². The van der Waals surface area contributed by atoms with Crippen molar-refractivity contribution < 1.29 is 27.9 Å². The third-order valence-electron chi connectivity index (χ3n) is 4.85. The van der Waals surface area contributed by atoms with Crippen LogP contribution in [-0.2, 0) is 11.1 Å². The molecule has 11 heteroatoms. The second-order valence-electron chi connectivity index (χ2n) is 6.80.